The molecule has 0 aliphatic carbocycles. The molecule has 1 aliphatic rings. The molecule has 1 amide bonds. The van der Waals surface area contributed by atoms with Crippen molar-refractivity contribution >= 4 is 17.6 Å². The number of amides is 1. The van der Waals surface area contributed by atoms with Crippen molar-refractivity contribution in [3.63, 3.8) is 0 Å². The van der Waals surface area contributed by atoms with Crippen molar-refractivity contribution in [2.45, 2.75) is 26.9 Å². The highest BCUT2D eigenvalue weighted by Gasteiger charge is 2.25. The van der Waals surface area contributed by atoms with E-state index in [9.17, 15) is 4.79 Å². The van der Waals surface area contributed by atoms with Crippen LogP contribution in [0.2, 0.25) is 0 Å². The summed E-state index contributed by atoms with van der Waals surface area (Å²) in [4.78, 5) is 23.7. The van der Waals surface area contributed by atoms with Gasteiger partial charge in [-0.1, -0.05) is 0 Å². The van der Waals surface area contributed by atoms with Gasteiger partial charge in [-0.3, -0.25) is 0 Å². The highest BCUT2D eigenvalue weighted by molar-refractivity contribution is 5.70. The van der Waals surface area contributed by atoms with E-state index in [1.165, 1.54) is 6.33 Å². The van der Waals surface area contributed by atoms with Gasteiger partial charge in [0.05, 0.1) is 12.7 Å². The maximum atomic E-state index is 11.7. The van der Waals surface area contributed by atoms with Gasteiger partial charge in [-0.15, -0.1) is 0 Å². The largest absolute Gasteiger partial charge is 0.473 e. The molecule has 0 radical (unpaired) electrons. The Morgan fingerprint density at radius 3 is 2.59 bits per heavy atom. The average Bonchev–Trinajstić information content (AvgIpc) is 2.49. The van der Waals surface area contributed by atoms with Gasteiger partial charge in [0, 0.05) is 26.2 Å². The molecule has 2 N–H and O–H groups in total. The van der Waals surface area contributed by atoms with Crippen molar-refractivity contribution in [2.24, 2.45) is 0 Å². The first-order chi connectivity index (χ1) is 10.5. The highest BCUT2D eigenvalue weighted by Crippen LogP contribution is 2.29. The van der Waals surface area contributed by atoms with Crippen molar-refractivity contribution in [3.05, 3.63) is 6.33 Å². The van der Waals surface area contributed by atoms with Crippen molar-refractivity contribution < 1.29 is 14.3 Å². The third-order valence-electron chi connectivity index (χ3n) is 3.28. The Morgan fingerprint density at radius 2 is 2.00 bits per heavy atom. The molecule has 0 unspecified atom stereocenters. The fourth-order valence-corrected chi connectivity index (χ4v) is 2.26. The van der Waals surface area contributed by atoms with E-state index >= 15 is 0 Å². The first-order valence-corrected chi connectivity index (χ1v) is 7.46. The fourth-order valence-electron chi connectivity index (χ4n) is 2.26. The zero-order chi connectivity index (χ0) is 16.1. The van der Waals surface area contributed by atoms with Crippen LogP contribution in [-0.2, 0) is 4.74 Å². The van der Waals surface area contributed by atoms with Crippen LogP contribution in [0.5, 0.6) is 5.88 Å². The van der Waals surface area contributed by atoms with Gasteiger partial charge in [-0.25, -0.2) is 9.78 Å². The number of hydrogen-bond donors (Lipinski definition) is 1. The number of rotatable bonds is 4. The van der Waals surface area contributed by atoms with Crippen LogP contribution in [0.1, 0.15) is 20.8 Å². The average molecular weight is 309 g/mol. The molecule has 1 saturated heterocycles. The van der Waals surface area contributed by atoms with Crippen LogP contribution in [0.15, 0.2) is 6.33 Å². The summed E-state index contributed by atoms with van der Waals surface area (Å²) in [7, 11) is 0. The lowest BCUT2D eigenvalue weighted by atomic mass is 10.3. The second-order valence-corrected chi connectivity index (χ2v) is 5.26. The van der Waals surface area contributed by atoms with Crippen molar-refractivity contribution in [1.29, 1.82) is 0 Å². The Bertz CT molecular complexity index is 515. The summed E-state index contributed by atoms with van der Waals surface area (Å²) in [5.74, 6) is 1.04. The minimum Gasteiger partial charge on any atom is -0.473 e. The number of nitrogens with zero attached hydrogens (tertiary/aromatic N) is 4. The van der Waals surface area contributed by atoms with E-state index in [1.54, 1.807) is 11.8 Å². The molecule has 8 nitrogen and oxygen atoms in total. The zero-order valence-corrected chi connectivity index (χ0v) is 13.3. The molecule has 2 heterocycles. The lowest BCUT2D eigenvalue weighted by Crippen LogP contribution is -2.49. The minimum atomic E-state index is -0.276. The molecule has 22 heavy (non-hydrogen) atoms. The third kappa shape index (κ3) is 3.69. The normalized spacial score (nSPS) is 15.1. The number of anilines is 2. The lowest BCUT2D eigenvalue weighted by Gasteiger charge is -2.35. The number of aromatic nitrogens is 2. The molecular weight excluding hydrogens is 286 g/mol. The first kappa shape index (κ1) is 16.1. The predicted octanol–water partition coefficient (Wildman–Crippen LogP) is 1.12. The number of carbonyl (C=O) groups is 1. The SMILES string of the molecule is CCOC(=O)N1CCN(c2ncnc(OC(C)C)c2N)CC1. The molecule has 1 fully saturated rings. The van der Waals surface area contributed by atoms with Crippen LogP contribution < -0.4 is 15.4 Å². The Balaban J connectivity index is 2.04. The molecule has 1 aromatic heterocycles. The summed E-state index contributed by atoms with van der Waals surface area (Å²) in [6.07, 6.45) is 1.16. The summed E-state index contributed by atoms with van der Waals surface area (Å²) < 4.78 is 10.6. The molecule has 0 saturated carbocycles. The summed E-state index contributed by atoms with van der Waals surface area (Å²) in [5.41, 5.74) is 6.54. The summed E-state index contributed by atoms with van der Waals surface area (Å²) in [5, 5.41) is 0. The monoisotopic (exact) mass is 309 g/mol. The summed E-state index contributed by atoms with van der Waals surface area (Å²) >= 11 is 0. The predicted molar refractivity (Wildman–Crippen MR) is 83.0 cm³/mol. The molecule has 1 aromatic rings. The Labute approximate surface area is 130 Å². The molecule has 0 bridgehead atoms. The maximum Gasteiger partial charge on any atom is 0.409 e. The van der Waals surface area contributed by atoms with Gasteiger partial charge in [0.1, 0.15) is 12.0 Å². The van der Waals surface area contributed by atoms with Gasteiger partial charge < -0.3 is 25.0 Å². The number of nitrogens with two attached hydrogens (primary N) is 1. The molecular formula is C14H23N5O3. The van der Waals surface area contributed by atoms with Crippen LogP contribution >= 0.6 is 0 Å². The van der Waals surface area contributed by atoms with E-state index in [2.05, 4.69) is 9.97 Å². The van der Waals surface area contributed by atoms with E-state index in [0.717, 1.165) is 0 Å². The Morgan fingerprint density at radius 1 is 1.32 bits per heavy atom. The fraction of sp³-hybridized carbons (Fsp3) is 0.643. The highest BCUT2D eigenvalue weighted by atomic mass is 16.6. The summed E-state index contributed by atoms with van der Waals surface area (Å²) in [6, 6.07) is 0. The van der Waals surface area contributed by atoms with E-state index in [0.29, 0.717) is 50.2 Å². The molecule has 0 spiro atoms. The van der Waals surface area contributed by atoms with E-state index in [1.807, 2.05) is 18.7 Å². The quantitative estimate of drug-likeness (QED) is 0.890. The number of hydrogen-bond acceptors (Lipinski definition) is 7. The van der Waals surface area contributed by atoms with Gasteiger partial charge in [0.15, 0.2) is 5.82 Å². The number of ether oxygens (including phenoxy) is 2. The third-order valence-corrected chi connectivity index (χ3v) is 3.28. The maximum absolute atomic E-state index is 11.7. The van der Waals surface area contributed by atoms with Crippen LogP contribution in [0.25, 0.3) is 0 Å². The van der Waals surface area contributed by atoms with Gasteiger partial charge in [-0.2, -0.15) is 4.98 Å². The molecule has 2 rings (SSSR count). The molecule has 0 aromatic carbocycles. The van der Waals surface area contributed by atoms with Crippen molar-refractivity contribution in [2.75, 3.05) is 43.4 Å². The van der Waals surface area contributed by atoms with E-state index in [4.69, 9.17) is 15.2 Å². The molecule has 1 aliphatic heterocycles. The van der Waals surface area contributed by atoms with Gasteiger partial charge in [0.2, 0.25) is 5.88 Å². The number of carbonyl (C=O) groups excluding carboxylic acids is 1. The topological polar surface area (TPSA) is 93.8 Å². The smallest absolute Gasteiger partial charge is 0.409 e. The minimum absolute atomic E-state index is 0.00860. The second kappa shape index (κ2) is 7.15. The van der Waals surface area contributed by atoms with Gasteiger partial charge in [0.25, 0.3) is 0 Å². The van der Waals surface area contributed by atoms with E-state index in [-0.39, 0.29) is 12.2 Å². The Kier molecular flexibility index (Phi) is 5.24. The van der Waals surface area contributed by atoms with E-state index < -0.39 is 0 Å². The van der Waals surface area contributed by atoms with Crippen LogP contribution in [0.3, 0.4) is 0 Å². The van der Waals surface area contributed by atoms with Crippen molar-refractivity contribution in [1.82, 2.24) is 14.9 Å². The standard InChI is InChI=1S/C14H23N5O3/c1-4-21-14(20)19-7-5-18(6-8-19)12-11(15)13(17-9-16-12)22-10(2)3/h9-10H,4-8,15H2,1-3H3. The molecule has 122 valence electrons. The van der Waals surface area contributed by atoms with Crippen molar-refractivity contribution in [3.8, 4) is 5.88 Å². The second-order valence-electron chi connectivity index (χ2n) is 5.26. The van der Waals surface area contributed by atoms with Crippen LogP contribution in [0.4, 0.5) is 16.3 Å². The number of piperazine rings is 1. The molecule has 8 heteroatoms. The van der Waals surface area contributed by atoms with Gasteiger partial charge in [-0.05, 0) is 20.8 Å². The number of nitrogen functional groups attached to an aromatic ring is 1. The van der Waals surface area contributed by atoms with Crippen LogP contribution in [-0.4, -0.2) is 59.9 Å². The van der Waals surface area contributed by atoms with Crippen LogP contribution in [0, 0.1) is 0 Å². The lowest BCUT2D eigenvalue weighted by molar-refractivity contribution is 0.105. The van der Waals surface area contributed by atoms with Gasteiger partial charge >= 0.3 is 6.09 Å². The first-order valence-electron chi connectivity index (χ1n) is 7.46. The Hall–Kier alpha value is -2.25. The summed E-state index contributed by atoms with van der Waals surface area (Å²) in [6.45, 7) is 8.44. The zero-order valence-electron chi connectivity index (χ0n) is 13.3. The molecule has 0 atom stereocenters.